The fourth-order valence-electron chi connectivity index (χ4n) is 5.81. The second-order valence-corrected chi connectivity index (χ2v) is 9.90. The Labute approximate surface area is 206 Å². The first-order chi connectivity index (χ1) is 17.0. The average Bonchev–Trinajstić information content (AvgIpc) is 3.51. The summed E-state index contributed by atoms with van der Waals surface area (Å²) in [6.07, 6.45) is 6.37. The third kappa shape index (κ3) is 4.90. The van der Waals surface area contributed by atoms with Crippen molar-refractivity contribution in [2.24, 2.45) is 5.73 Å². The normalized spacial score (nSPS) is 18.9. The van der Waals surface area contributed by atoms with Crippen molar-refractivity contribution in [1.29, 1.82) is 0 Å². The number of nitrogens with zero attached hydrogens (tertiary/aromatic N) is 4. The number of aromatic nitrogens is 2. The van der Waals surface area contributed by atoms with Crippen LogP contribution in [0.1, 0.15) is 56.3 Å². The van der Waals surface area contributed by atoms with Gasteiger partial charge >= 0.3 is 0 Å². The van der Waals surface area contributed by atoms with Crippen LogP contribution in [0.2, 0.25) is 0 Å². The van der Waals surface area contributed by atoms with Gasteiger partial charge in [-0.15, -0.1) is 0 Å². The highest BCUT2D eigenvalue weighted by Crippen LogP contribution is 2.35. The van der Waals surface area contributed by atoms with E-state index in [-0.39, 0.29) is 18.4 Å². The zero-order chi connectivity index (χ0) is 24.4. The second kappa shape index (κ2) is 10.1. The van der Waals surface area contributed by atoms with Crippen LogP contribution in [0.15, 0.2) is 48.5 Å². The van der Waals surface area contributed by atoms with Crippen LogP contribution in [0.4, 0.5) is 5.69 Å². The summed E-state index contributed by atoms with van der Waals surface area (Å²) in [7, 11) is 0. The van der Waals surface area contributed by atoms with Crippen LogP contribution in [0.25, 0.3) is 10.9 Å². The van der Waals surface area contributed by atoms with Gasteiger partial charge in [0.05, 0.1) is 23.3 Å². The maximum atomic E-state index is 12.8. The fourth-order valence-corrected chi connectivity index (χ4v) is 5.81. The summed E-state index contributed by atoms with van der Waals surface area (Å²) in [4.78, 5) is 28.5. The summed E-state index contributed by atoms with van der Waals surface area (Å²) < 4.78 is 2.28. The predicted octanol–water partition coefficient (Wildman–Crippen LogP) is 3.85. The minimum atomic E-state index is -0.576. The van der Waals surface area contributed by atoms with Crippen LogP contribution in [0.5, 0.6) is 0 Å². The van der Waals surface area contributed by atoms with Crippen molar-refractivity contribution in [3.05, 3.63) is 59.8 Å². The number of anilines is 1. The summed E-state index contributed by atoms with van der Waals surface area (Å²) >= 11 is 0. The zero-order valence-corrected chi connectivity index (χ0v) is 20.5. The minimum Gasteiger partial charge on any atom is -0.369 e. The van der Waals surface area contributed by atoms with E-state index in [1.54, 1.807) is 0 Å². The summed E-state index contributed by atoms with van der Waals surface area (Å²) in [6.45, 7) is 4.18. The van der Waals surface area contributed by atoms with Gasteiger partial charge in [-0.1, -0.05) is 50.1 Å². The van der Waals surface area contributed by atoms with Crippen LogP contribution in [0, 0.1) is 0 Å². The SMILES string of the molecule is CCc1nn(C2CCCC2)c2cc(N3CCN(C(=O)CC(N)=O)C(Cc4ccccc4)C3)ccc12. The lowest BCUT2D eigenvalue weighted by Gasteiger charge is -2.42. The average molecular weight is 474 g/mol. The van der Waals surface area contributed by atoms with Crippen molar-refractivity contribution in [2.75, 3.05) is 24.5 Å². The highest BCUT2D eigenvalue weighted by Gasteiger charge is 2.32. The Bertz CT molecular complexity index is 1200. The van der Waals surface area contributed by atoms with Crippen molar-refractivity contribution in [3.63, 3.8) is 0 Å². The first-order valence-electron chi connectivity index (χ1n) is 12.9. The number of benzene rings is 2. The molecule has 0 radical (unpaired) electrons. The van der Waals surface area contributed by atoms with Gasteiger partial charge in [0.25, 0.3) is 0 Å². The Morgan fingerprint density at radius 3 is 2.54 bits per heavy atom. The maximum absolute atomic E-state index is 12.8. The molecule has 1 saturated heterocycles. The van der Waals surface area contributed by atoms with Gasteiger partial charge in [0, 0.05) is 30.7 Å². The molecule has 2 aromatic carbocycles. The molecule has 1 saturated carbocycles. The van der Waals surface area contributed by atoms with Gasteiger partial charge in [-0.05, 0) is 49.4 Å². The van der Waals surface area contributed by atoms with Crippen molar-refractivity contribution >= 4 is 28.4 Å². The van der Waals surface area contributed by atoms with E-state index in [0.717, 1.165) is 19.4 Å². The molecule has 5 rings (SSSR count). The van der Waals surface area contributed by atoms with Crippen LogP contribution in [-0.2, 0) is 22.4 Å². The molecule has 7 nitrogen and oxygen atoms in total. The molecular weight excluding hydrogens is 438 g/mol. The quantitative estimate of drug-likeness (QED) is 0.528. The zero-order valence-electron chi connectivity index (χ0n) is 20.5. The first kappa shape index (κ1) is 23.4. The van der Waals surface area contributed by atoms with Gasteiger partial charge in [-0.3, -0.25) is 14.3 Å². The van der Waals surface area contributed by atoms with Crippen molar-refractivity contribution in [3.8, 4) is 0 Å². The Hall–Kier alpha value is -3.35. The number of aryl methyl sites for hydroxylation is 1. The molecule has 184 valence electrons. The van der Waals surface area contributed by atoms with E-state index < -0.39 is 5.91 Å². The summed E-state index contributed by atoms with van der Waals surface area (Å²) in [5, 5.41) is 6.26. The monoisotopic (exact) mass is 473 g/mol. The number of rotatable bonds is 7. The molecule has 2 amide bonds. The third-order valence-electron chi connectivity index (χ3n) is 7.58. The fraction of sp³-hybridized carbons (Fsp3) is 0.464. The van der Waals surface area contributed by atoms with Gasteiger partial charge in [0.2, 0.25) is 11.8 Å². The molecule has 35 heavy (non-hydrogen) atoms. The number of amides is 2. The van der Waals surface area contributed by atoms with Crippen molar-refractivity contribution in [2.45, 2.75) is 64.0 Å². The van der Waals surface area contributed by atoms with E-state index in [1.165, 1.54) is 53.5 Å². The number of nitrogens with two attached hydrogens (primary N) is 1. The van der Waals surface area contributed by atoms with Gasteiger partial charge in [-0.25, -0.2) is 0 Å². The van der Waals surface area contributed by atoms with E-state index in [2.05, 4.69) is 46.8 Å². The molecule has 2 fully saturated rings. The number of primary amides is 1. The molecule has 0 bridgehead atoms. The summed E-state index contributed by atoms with van der Waals surface area (Å²) in [5.41, 5.74) is 10.1. The Morgan fingerprint density at radius 1 is 1.06 bits per heavy atom. The Morgan fingerprint density at radius 2 is 1.83 bits per heavy atom. The Kier molecular flexibility index (Phi) is 6.75. The van der Waals surface area contributed by atoms with Gasteiger partial charge in [0.15, 0.2) is 0 Å². The van der Waals surface area contributed by atoms with Crippen LogP contribution >= 0.6 is 0 Å². The number of fused-ring (bicyclic) bond motifs is 1. The van der Waals surface area contributed by atoms with E-state index in [9.17, 15) is 9.59 Å². The largest absolute Gasteiger partial charge is 0.369 e. The molecule has 1 atom stereocenters. The van der Waals surface area contributed by atoms with E-state index in [4.69, 9.17) is 10.8 Å². The molecule has 1 unspecified atom stereocenters. The molecule has 2 heterocycles. The number of piperazine rings is 1. The standard InChI is InChI=1S/C28H35N5O2/c1-2-25-24-13-12-22(17-26(24)33(30-25)21-10-6-7-11-21)31-14-15-32(28(35)18-27(29)34)23(19-31)16-20-8-4-3-5-9-20/h3-5,8-9,12-13,17,21,23H,2,6-7,10-11,14-16,18-19H2,1H3,(H2,29,34). The molecule has 2 N–H and O–H groups in total. The highest BCUT2D eigenvalue weighted by atomic mass is 16.2. The topological polar surface area (TPSA) is 84.5 Å². The molecule has 2 aliphatic rings. The lowest BCUT2D eigenvalue weighted by Crippen LogP contribution is -2.56. The summed E-state index contributed by atoms with van der Waals surface area (Å²) in [6, 6.07) is 17.4. The number of hydrogen-bond acceptors (Lipinski definition) is 4. The van der Waals surface area contributed by atoms with E-state index in [0.29, 0.717) is 19.1 Å². The lowest BCUT2D eigenvalue weighted by atomic mass is 10.0. The third-order valence-corrected chi connectivity index (χ3v) is 7.58. The number of hydrogen-bond donors (Lipinski definition) is 1. The number of carbonyl (C=O) groups is 2. The lowest BCUT2D eigenvalue weighted by molar-refractivity contribution is -0.137. The number of carbonyl (C=O) groups excluding carboxylic acids is 2. The Balaban J connectivity index is 1.44. The first-order valence-corrected chi connectivity index (χ1v) is 12.9. The van der Waals surface area contributed by atoms with E-state index >= 15 is 0 Å². The smallest absolute Gasteiger partial charge is 0.232 e. The maximum Gasteiger partial charge on any atom is 0.232 e. The van der Waals surface area contributed by atoms with Gasteiger partial charge in [-0.2, -0.15) is 5.10 Å². The molecule has 3 aromatic rings. The van der Waals surface area contributed by atoms with Crippen LogP contribution in [-0.4, -0.2) is 52.2 Å². The van der Waals surface area contributed by atoms with E-state index in [1.807, 2.05) is 23.1 Å². The van der Waals surface area contributed by atoms with Gasteiger partial charge in [0.1, 0.15) is 6.42 Å². The molecular formula is C28H35N5O2. The van der Waals surface area contributed by atoms with Crippen LogP contribution < -0.4 is 10.6 Å². The molecule has 7 heteroatoms. The molecule has 1 aliphatic heterocycles. The second-order valence-electron chi connectivity index (χ2n) is 9.90. The minimum absolute atomic E-state index is 0.0281. The highest BCUT2D eigenvalue weighted by molar-refractivity contribution is 5.96. The predicted molar refractivity (Wildman–Crippen MR) is 138 cm³/mol. The van der Waals surface area contributed by atoms with Crippen LogP contribution in [0.3, 0.4) is 0 Å². The molecule has 1 aromatic heterocycles. The van der Waals surface area contributed by atoms with Crippen molar-refractivity contribution < 1.29 is 9.59 Å². The molecule has 0 spiro atoms. The summed E-state index contributed by atoms with van der Waals surface area (Å²) in [5.74, 6) is -0.756. The van der Waals surface area contributed by atoms with Crippen molar-refractivity contribution in [1.82, 2.24) is 14.7 Å². The van der Waals surface area contributed by atoms with Gasteiger partial charge < -0.3 is 15.5 Å². The molecule has 1 aliphatic carbocycles.